The Bertz CT molecular complexity index is 338. The minimum Gasteiger partial charge on any atom is -0.457 e. The van der Waals surface area contributed by atoms with Gasteiger partial charge in [0.1, 0.15) is 0 Å². The molecule has 0 saturated carbocycles. The third-order valence-corrected chi connectivity index (χ3v) is 3.32. The molecule has 3 nitrogen and oxygen atoms in total. The van der Waals surface area contributed by atoms with Gasteiger partial charge in [-0.05, 0) is 27.9 Å². The molecular weight excluding hydrogens is 281 g/mol. The van der Waals surface area contributed by atoms with Gasteiger partial charge in [-0.1, -0.05) is 13.8 Å². The van der Waals surface area contributed by atoms with Crippen LogP contribution in [0.5, 0.6) is 0 Å². The maximum atomic E-state index is 11.6. The third kappa shape index (κ3) is 3.54. The van der Waals surface area contributed by atoms with Crippen molar-refractivity contribution in [2.75, 3.05) is 6.54 Å². The molecule has 1 heterocycles. The largest absolute Gasteiger partial charge is 0.457 e. The third-order valence-electron chi connectivity index (χ3n) is 2.04. The summed E-state index contributed by atoms with van der Waals surface area (Å²) in [5.74, 6) is 0.154. The summed E-state index contributed by atoms with van der Waals surface area (Å²) in [6, 6.07) is 1.61. The summed E-state index contributed by atoms with van der Waals surface area (Å²) in [5, 5.41) is 2.69. The predicted octanol–water partition coefficient (Wildman–Crippen LogP) is 3.04. The molecule has 0 spiro atoms. The Kier molecular flexibility index (Phi) is 4.67. The summed E-state index contributed by atoms with van der Waals surface area (Å²) in [6.07, 6.45) is 1.46. The van der Waals surface area contributed by atoms with E-state index in [1.54, 1.807) is 6.07 Å². The average molecular weight is 295 g/mol. The van der Waals surface area contributed by atoms with Crippen molar-refractivity contribution in [1.29, 1.82) is 0 Å². The van der Waals surface area contributed by atoms with E-state index in [0.717, 1.165) is 0 Å². The first-order valence-corrected chi connectivity index (χ1v) is 5.90. The molecule has 0 aliphatic carbocycles. The van der Waals surface area contributed by atoms with Gasteiger partial charge in [-0.2, -0.15) is 0 Å². The molecule has 1 rings (SSSR count). The van der Waals surface area contributed by atoms with Crippen LogP contribution in [0.25, 0.3) is 0 Å². The minimum atomic E-state index is -0.179. The van der Waals surface area contributed by atoms with Crippen LogP contribution in [-0.2, 0) is 0 Å². The molecule has 0 radical (unpaired) electrons. The number of furan rings is 1. The van der Waals surface area contributed by atoms with E-state index < -0.39 is 0 Å². The van der Waals surface area contributed by atoms with Gasteiger partial charge < -0.3 is 9.73 Å². The van der Waals surface area contributed by atoms with Gasteiger partial charge in [-0.3, -0.25) is 4.79 Å². The first kappa shape index (κ1) is 12.6. The number of rotatable bonds is 4. The monoisotopic (exact) mass is 293 g/mol. The van der Waals surface area contributed by atoms with Crippen LogP contribution in [0.2, 0.25) is 0 Å². The van der Waals surface area contributed by atoms with Gasteiger partial charge in [0.15, 0.2) is 4.67 Å². The topological polar surface area (TPSA) is 42.2 Å². The number of alkyl halides is 1. The van der Waals surface area contributed by atoms with Crippen LogP contribution in [0.15, 0.2) is 21.4 Å². The number of amides is 1. The predicted molar refractivity (Wildman–Crippen MR) is 63.2 cm³/mol. The van der Waals surface area contributed by atoms with E-state index in [4.69, 9.17) is 16.0 Å². The quantitative estimate of drug-likeness (QED) is 0.867. The van der Waals surface area contributed by atoms with Crippen LogP contribution < -0.4 is 5.32 Å². The maximum absolute atomic E-state index is 11.6. The number of carbonyl (C=O) groups is 1. The highest BCUT2D eigenvalue weighted by molar-refractivity contribution is 9.10. The molecule has 5 heteroatoms. The van der Waals surface area contributed by atoms with Crippen molar-refractivity contribution in [1.82, 2.24) is 5.32 Å². The van der Waals surface area contributed by atoms with Crippen molar-refractivity contribution in [2.24, 2.45) is 5.92 Å². The van der Waals surface area contributed by atoms with Crippen LogP contribution in [0.1, 0.15) is 24.2 Å². The molecule has 84 valence electrons. The van der Waals surface area contributed by atoms with E-state index in [-0.39, 0.29) is 11.3 Å². The molecule has 0 bridgehead atoms. The lowest BCUT2D eigenvalue weighted by atomic mass is 10.1. The summed E-state index contributed by atoms with van der Waals surface area (Å²) in [5.41, 5.74) is 0.489. The Hall–Kier alpha value is -0.480. The Morgan fingerprint density at radius 3 is 2.80 bits per heavy atom. The number of nitrogens with one attached hydrogen (secondary N) is 1. The van der Waals surface area contributed by atoms with E-state index in [9.17, 15) is 4.79 Å². The summed E-state index contributed by atoms with van der Waals surface area (Å²) in [7, 11) is 0. The summed E-state index contributed by atoms with van der Waals surface area (Å²) >= 11 is 9.15. The van der Waals surface area contributed by atoms with Crippen LogP contribution in [0, 0.1) is 5.92 Å². The van der Waals surface area contributed by atoms with Crippen molar-refractivity contribution in [3.8, 4) is 0 Å². The molecule has 0 aliphatic rings. The average Bonchev–Trinajstić information content (AvgIpc) is 2.60. The van der Waals surface area contributed by atoms with Crippen molar-refractivity contribution < 1.29 is 9.21 Å². The lowest BCUT2D eigenvalue weighted by molar-refractivity contribution is 0.0950. The molecule has 0 saturated heterocycles. The van der Waals surface area contributed by atoms with Crippen LogP contribution >= 0.6 is 27.5 Å². The second-order valence-electron chi connectivity index (χ2n) is 3.58. The number of hydrogen-bond acceptors (Lipinski definition) is 2. The molecule has 1 aromatic rings. The van der Waals surface area contributed by atoms with Gasteiger partial charge in [0.05, 0.1) is 17.2 Å². The highest BCUT2D eigenvalue weighted by Gasteiger charge is 2.15. The van der Waals surface area contributed by atoms with Gasteiger partial charge in [0.2, 0.25) is 0 Å². The molecule has 0 aliphatic heterocycles. The van der Waals surface area contributed by atoms with Crippen molar-refractivity contribution in [2.45, 2.75) is 19.2 Å². The Morgan fingerprint density at radius 1 is 1.67 bits per heavy atom. The molecule has 1 N–H and O–H groups in total. The standard InChI is InChI=1S/C10H13BrClNO2/c1-6(2)8(12)5-13-10(14)7-3-4-15-9(7)11/h3-4,6,8H,5H2,1-2H3,(H,13,14). The SMILES string of the molecule is CC(C)C(Cl)CNC(=O)c1ccoc1Br. The van der Waals surface area contributed by atoms with Gasteiger partial charge in [0.25, 0.3) is 5.91 Å². The zero-order chi connectivity index (χ0) is 11.4. The Labute approximate surface area is 102 Å². The van der Waals surface area contributed by atoms with Crippen LogP contribution in [0.4, 0.5) is 0 Å². The number of carbonyl (C=O) groups excluding carboxylic acids is 1. The molecule has 1 atom stereocenters. The maximum Gasteiger partial charge on any atom is 0.255 e. The molecular formula is C10H13BrClNO2. The van der Waals surface area contributed by atoms with E-state index in [1.165, 1.54) is 6.26 Å². The molecule has 15 heavy (non-hydrogen) atoms. The number of halogens is 2. The molecule has 1 unspecified atom stereocenters. The highest BCUT2D eigenvalue weighted by Crippen LogP contribution is 2.17. The fourth-order valence-corrected chi connectivity index (χ4v) is 1.47. The molecule has 1 aromatic heterocycles. The molecule has 0 fully saturated rings. The second-order valence-corrected chi connectivity index (χ2v) is 4.86. The molecule has 1 amide bonds. The fraction of sp³-hybridized carbons (Fsp3) is 0.500. The van der Waals surface area contributed by atoms with Gasteiger partial charge in [0, 0.05) is 6.54 Å². The van der Waals surface area contributed by atoms with E-state index >= 15 is 0 Å². The lowest BCUT2D eigenvalue weighted by Crippen LogP contribution is -2.31. The number of hydrogen-bond donors (Lipinski definition) is 1. The summed E-state index contributed by atoms with van der Waals surface area (Å²) < 4.78 is 5.40. The smallest absolute Gasteiger partial charge is 0.255 e. The normalized spacial score (nSPS) is 12.9. The Balaban J connectivity index is 2.47. The Morgan fingerprint density at radius 2 is 2.33 bits per heavy atom. The zero-order valence-corrected chi connectivity index (χ0v) is 10.9. The van der Waals surface area contributed by atoms with Crippen LogP contribution in [-0.4, -0.2) is 17.8 Å². The first-order valence-electron chi connectivity index (χ1n) is 4.67. The second kappa shape index (κ2) is 5.56. The highest BCUT2D eigenvalue weighted by atomic mass is 79.9. The van der Waals surface area contributed by atoms with Gasteiger partial charge in [-0.25, -0.2) is 0 Å². The first-order chi connectivity index (χ1) is 7.02. The summed E-state index contributed by atoms with van der Waals surface area (Å²) in [4.78, 5) is 11.6. The van der Waals surface area contributed by atoms with E-state index in [0.29, 0.717) is 22.7 Å². The van der Waals surface area contributed by atoms with Crippen LogP contribution in [0.3, 0.4) is 0 Å². The van der Waals surface area contributed by atoms with Crippen molar-refractivity contribution >= 4 is 33.4 Å². The lowest BCUT2D eigenvalue weighted by Gasteiger charge is -2.13. The van der Waals surface area contributed by atoms with Crippen molar-refractivity contribution in [3.63, 3.8) is 0 Å². The minimum absolute atomic E-state index is 0.0559. The van der Waals surface area contributed by atoms with Gasteiger partial charge in [-0.15, -0.1) is 11.6 Å². The molecule has 0 aromatic carbocycles. The van der Waals surface area contributed by atoms with E-state index in [2.05, 4.69) is 21.2 Å². The summed E-state index contributed by atoms with van der Waals surface area (Å²) in [6.45, 7) is 4.48. The fourth-order valence-electron chi connectivity index (χ4n) is 0.977. The zero-order valence-electron chi connectivity index (χ0n) is 8.59. The van der Waals surface area contributed by atoms with E-state index in [1.807, 2.05) is 13.8 Å². The van der Waals surface area contributed by atoms with Crippen molar-refractivity contribution in [3.05, 3.63) is 22.6 Å². The van der Waals surface area contributed by atoms with Gasteiger partial charge >= 0.3 is 0 Å².